The van der Waals surface area contributed by atoms with Crippen LogP contribution in [-0.4, -0.2) is 4.98 Å². The summed E-state index contributed by atoms with van der Waals surface area (Å²) < 4.78 is 0. The van der Waals surface area contributed by atoms with Gasteiger partial charge in [0.05, 0.1) is 27.5 Å². The van der Waals surface area contributed by atoms with Crippen molar-refractivity contribution < 1.29 is 0 Å². The number of aromatic nitrogens is 1. The van der Waals surface area contributed by atoms with Gasteiger partial charge in [0.1, 0.15) is 0 Å². The number of anilines is 1. The van der Waals surface area contributed by atoms with Crippen LogP contribution in [0.2, 0.25) is 10.0 Å². The number of pyridine rings is 1. The molecule has 0 radical (unpaired) electrons. The van der Waals surface area contributed by atoms with Crippen molar-refractivity contribution in [3.63, 3.8) is 0 Å². The molecule has 1 aromatic carbocycles. The minimum absolute atomic E-state index is 0.209. The SMILES string of the molecule is Clc1cccc(NC2CCCc3cccnc32)c1Cl. The van der Waals surface area contributed by atoms with Crippen LogP contribution in [0.15, 0.2) is 36.5 Å². The summed E-state index contributed by atoms with van der Waals surface area (Å²) in [5.41, 5.74) is 3.33. The van der Waals surface area contributed by atoms with Crippen molar-refractivity contribution in [2.24, 2.45) is 0 Å². The first-order valence-electron chi connectivity index (χ1n) is 6.40. The van der Waals surface area contributed by atoms with E-state index in [0.717, 1.165) is 30.6 Å². The Kier molecular flexibility index (Phi) is 3.63. The quantitative estimate of drug-likeness (QED) is 0.853. The van der Waals surface area contributed by atoms with E-state index in [1.54, 1.807) is 6.07 Å². The Hall–Kier alpha value is -1.25. The standard InChI is InChI=1S/C15H14Cl2N2/c16-11-6-2-7-12(14(11)17)19-13-8-1-4-10-5-3-9-18-15(10)13/h2-3,5-7,9,13,19H,1,4,8H2. The molecule has 1 aliphatic carbocycles. The highest BCUT2D eigenvalue weighted by atomic mass is 35.5. The molecule has 0 bridgehead atoms. The molecule has 2 aromatic rings. The predicted molar refractivity (Wildman–Crippen MR) is 80.0 cm³/mol. The lowest BCUT2D eigenvalue weighted by Gasteiger charge is -2.26. The minimum Gasteiger partial charge on any atom is -0.375 e. The summed E-state index contributed by atoms with van der Waals surface area (Å²) in [5.74, 6) is 0. The van der Waals surface area contributed by atoms with Crippen LogP contribution in [0.4, 0.5) is 5.69 Å². The Balaban J connectivity index is 1.91. The van der Waals surface area contributed by atoms with Crippen LogP contribution in [0.25, 0.3) is 0 Å². The maximum atomic E-state index is 6.22. The summed E-state index contributed by atoms with van der Waals surface area (Å²) in [6, 6.07) is 10.00. The lowest BCUT2D eigenvalue weighted by atomic mass is 9.92. The van der Waals surface area contributed by atoms with Gasteiger partial charge in [-0.1, -0.05) is 35.3 Å². The number of fused-ring (bicyclic) bond motifs is 1. The van der Waals surface area contributed by atoms with Crippen LogP contribution in [0.3, 0.4) is 0 Å². The number of nitrogens with one attached hydrogen (secondary N) is 1. The van der Waals surface area contributed by atoms with E-state index in [1.165, 1.54) is 5.56 Å². The van der Waals surface area contributed by atoms with Gasteiger partial charge >= 0.3 is 0 Å². The molecule has 1 aliphatic rings. The molecule has 98 valence electrons. The van der Waals surface area contributed by atoms with Gasteiger partial charge in [-0.2, -0.15) is 0 Å². The van der Waals surface area contributed by atoms with Crippen molar-refractivity contribution in [1.29, 1.82) is 0 Å². The molecule has 1 heterocycles. The molecule has 0 aliphatic heterocycles. The van der Waals surface area contributed by atoms with Gasteiger partial charge in [0.2, 0.25) is 0 Å². The second-order valence-corrected chi connectivity index (χ2v) is 5.52. The smallest absolute Gasteiger partial charge is 0.0823 e. The second-order valence-electron chi connectivity index (χ2n) is 4.74. The molecule has 1 N–H and O–H groups in total. The lowest BCUT2D eigenvalue weighted by Crippen LogP contribution is -2.19. The van der Waals surface area contributed by atoms with E-state index in [-0.39, 0.29) is 6.04 Å². The largest absolute Gasteiger partial charge is 0.375 e. The molecule has 0 spiro atoms. The van der Waals surface area contributed by atoms with E-state index in [0.29, 0.717) is 10.0 Å². The number of rotatable bonds is 2. The number of hydrogen-bond donors (Lipinski definition) is 1. The summed E-state index contributed by atoms with van der Waals surface area (Å²) >= 11 is 12.3. The first-order valence-corrected chi connectivity index (χ1v) is 7.15. The third-order valence-corrected chi connectivity index (χ3v) is 4.30. The van der Waals surface area contributed by atoms with Gasteiger partial charge < -0.3 is 5.32 Å². The minimum atomic E-state index is 0.209. The van der Waals surface area contributed by atoms with Crippen LogP contribution in [0, 0.1) is 0 Å². The van der Waals surface area contributed by atoms with Crippen LogP contribution in [-0.2, 0) is 6.42 Å². The third-order valence-electron chi connectivity index (χ3n) is 3.48. The van der Waals surface area contributed by atoms with Gasteiger partial charge in [-0.05, 0) is 43.0 Å². The molecule has 1 aromatic heterocycles. The van der Waals surface area contributed by atoms with Gasteiger partial charge in [-0.25, -0.2) is 0 Å². The molecule has 19 heavy (non-hydrogen) atoms. The van der Waals surface area contributed by atoms with Crippen LogP contribution in [0.5, 0.6) is 0 Å². The molecule has 0 amide bonds. The molecule has 0 saturated carbocycles. The fourth-order valence-electron chi connectivity index (χ4n) is 2.55. The van der Waals surface area contributed by atoms with Crippen molar-refractivity contribution in [3.05, 3.63) is 57.8 Å². The molecule has 3 rings (SSSR count). The summed E-state index contributed by atoms with van der Waals surface area (Å²) in [7, 11) is 0. The van der Waals surface area contributed by atoms with Crippen molar-refractivity contribution >= 4 is 28.9 Å². The lowest BCUT2D eigenvalue weighted by molar-refractivity contribution is 0.583. The Morgan fingerprint density at radius 2 is 2.05 bits per heavy atom. The summed E-state index contributed by atoms with van der Waals surface area (Å²) in [4.78, 5) is 4.51. The zero-order valence-electron chi connectivity index (χ0n) is 10.4. The fourth-order valence-corrected chi connectivity index (χ4v) is 2.91. The number of hydrogen-bond acceptors (Lipinski definition) is 2. The van der Waals surface area contributed by atoms with Gasteiger partial charge in [0, 0.05) is 6.20 Å². The molecular weight excluding hydrogens is 279 g/mol. The van der Waals surface area contributed by atoms with E-state index < -0.39 is 0 Å². The van der Waals surface area contributed by atoms with Gasteiger partial charge in [0.25, 0.3) is 0 Å². The molecule has 1 atom stereocenters. The van der Waals surface area contributed by atoms with Crippen LogP contribution >= 0.6 is 23.2 Å². The molecule has 0 fully saturated rings. The summed E-state index contributed by atoms with van der Waals surface area (Å²) in [5, 5.41) is 4.62. The van der Waals surface area contributed by atoms with E-state index in [4.69, 9.17) is 23.2 Å². The van der Waals surface area contributed by atoms with Crippen molar-refractivity contribution in [2.45, 2.75) is 25.3 Å². The zero-order valence-corrected chi connectivity index (χ0v) is 11.9. The molecular formula is C15H14Cl2N2. The number of halogens is 2. The third kappa shape index (κ3) is 2.56. The normalized spacial score (nSPS) is 17.9. The van der Waals surface area contributed by atoms with E-state index in [2.05, 4.69) is 16.4 Å². The average Bonchev–Trinajstić information content (AvgIpc) is 2.44. The maximum Gasteiger partial charge on any atom is 0.0823 e. The Morgan fingerprint density at radius 1 is 1.16 bits per heavy atom. The Bertz CT molecular complexity index is 598. The van der Waals surface area contributed by atoms with E-state index >= 15 is 0 Å². The highest BCUT2D eigenvalue weighted by Crippen LogP contribution is 2.35. The van der Waals surface area contributed by atoms with Crippen molar-refractivity contribution in [1.82, 2.24) is 4.98 Å². The average molecular weight is 293 g/mol. The van der Waals surface area contributed by atoms with Gasteiger partial charge in [0.15, 0.2) is 0 Å². The predicted octanol–water partition coefficient (Wildman–Crippen LogP) is 4.88. The first kappa shape index (κ1) is 12.8. The van der Waals surface area contributed by atoms with E-state index in [9.17, 15) is 0 Å². The second kappa shape index (κ2) is 5.40. The molecule has 0 saturated heterocycles. The highest BCUT2D eigenvalue weighted by molar-refractivity contribution is 6.43. The maximum absolute atomic E-state index is 6.22. The van der Waals surface area contributed by atoms with Gasteiger partial charge in [-0.3, -0.25) is 4.98 Å². The zero-order chi connectivity index (χ0) is 13.2. The van der Waals surface area contributed by atoms with E-state index in [1.807, 2.05) is 24.4 Å². The van der Waals surface area contributed by atoms with Crippen LogP contribution < -0.4 is 5.32 Å². The molecule has 2 nitrogen and oxygen atoms in total. The van der Waals surface area contributed by atoms with Crippen molar-refractivity contribution in [3.8, 4) is 0 Å². The Labute approximate surface area is 122 Å². The van der Waals surface area contributed by atoms with Crippen molar-refractivity contribution in [2.75, 3.05) is 5.32 Å². The topological polar surface area (TPSA) is 24.9 Å². The van der Waals surface area contributed by atoms with Gasteiger partial charge in [-0.15, -0.1) is 0 Å². The van der Waals surface area contributed by atoms with Crippen LogP contribution in [0.1, 0.15) is 30.1 Å². The number of benzene rings is 1. The Morgan fingerprint density at radius 3 is 2.95 bits per heavy atom. The molecule has 1 unspecified atom stereocenters. The first-order chi connectivity index (χ1) is 9.25. The highest BCUT2D eigenvalue weighted by Gasteiger charge is 2.21. The fraction of sp³-hybridized carbons (Fsp3) is 0.267. The summed E-state index contributed by atoms with van der Waals surface area (Å²) in [6.07, 6.45) is 5.17. The molecule has 4 heteroatoms. The summed E-state index contributed by atoms with van der Waals surface area (Å²) in [6.45, 7) is 0. The number of nitrogens with zero attached hydrogens (tertiary/aromatic N) is 1. The monoisotopic (exact) mass is 292 g/mol. The number of aryl methyl sites for hydroxylation is 1.